The Labute approximate surface area is 181 Å². The molecule has 0 radical (unpaired) electrons. The van der Waals surface area contributed by atoms with Gasteiger partial charge in [-0.15, -0.1) is 0 Å². The molecular weight excluding hydrogens is 398 g/mol. The molecule has 3 aromatic rings. The van der Waals surface area contributed by atoms with Crippen molar-refractivity contribution in [2.75, 3.05) is 11.9 Å². The van der Waals surface area contributed by atoms with Crippen molar-refractivity contribution >= 4 is 29.1 Å². The van der Waals surface area contributed by atoms with Gasteiger partial charge in [0.1, 0.15) is 0 Å². The first-order valence-electron chi connectivity index (χ1n) is 9.73. The average molecular weight is 422 g/mol. The van der Waals surface area contributed by atoms with Gasteiger partial charge in [0.15, 0.2) is 0 Å². The Hall–Kier alpha value is -3.15. The summed E-state index contributed by atoms with van der Waals surface area (Å²) in [6, 6.07) is 24.1. The predicted octanol–water partition coefficient (Wildman–Crippen LogP) is 4.56. The van der Waals surface area contributed by atoms with Crippen molar-refractivity contribution in [1.82, 2.24) is 10.6 Å². The SMILES string of the molecule is C[C@H](NCC(=O)Nc1ccccc1C(=O)NCc1ccccc1)c1ccc(Cl)cc1. The lowest BCUT2D eigenvalue weighted by Crippen LogP contribution is -2.31. The van der Waals surface area contributed by atoms with Crippen LogP contribution < -0.4 is 16.0 Å². The number of rotatable bonds is 8. The fourth-order valence-electron chi connectivity index (χ4n) is 2.97. The van der Waals surface area contributed by atoms with Crippen molar-refractivity contribution in [3.8, 4) is 0 Å². The van der Waals surface area contributed by atoms with Crippen LogP contribution in [0.25, 0.3) is 0 Å². The molecule has 30 heavy (non-hydrogen) atoms. The number of halogens is 1. The van der Waals surface area contributed by atoms with Gasteiger partial charge in [-0.25, -0.2) is 0 Å². The van der Waals surface area contributed by atoms with E-state index in [2.05, 4.69) is 16.0 Å². The molecule has 0 aliphatic heterocycles. The molecule has 3 rings (SSSR count). The highest BCUT2D eigenvalue weighted by Gasteiger charge is 2.14. The van der Waals surface area contributed by atoms with E-state index in [4.69, 9.17) is 11.6 Å². The first kappa shape index (κ1) is 21.6. The van der Waals surface area contributed by atoms with Gasteiger partial charge in [-0.05, 0) is 42.3 Å². The van der Waals surface area contributed by atoms with E-state index in [0.717, 1.165) is 11.1 Å². The second kappa shape index (κ2) is 10.6. The van der Waals surface area contributed by atoms with E-state index in [-0.39, 0.29) is 24.4 Å². The monoisotopic (exact) mass is 421 g/mol. The third kappa shape index (κ3) is 6.17. The summed E-state index contributed by atoms with van der Waals surface area (Å²) in [5.74, 6) is -0.462. The molecule has 2 amide bonds. The summed E-state index contributed by atoms with van der Waals surface area (Å²) in [6.07, 6.45) is 0. The second-order valence-electron chi connectivity index (χ2n) is 6.92. The topological polar surface area (TPSA) is 70.2 Å². The molecule has 0 spiro atoms. The van der Waals surface area contributed by atoms with Crippen molar-refractivity contribution in [1.29, 1.82) is 0 Å². The molecule has 0 bridgehead atoms. The lowest BCUT2D eigenvalue weighted by Gasteiger charge is -2.15. The molecule has 3 N–H and O–H groups in total. The van der Waals surface area contributed by atoms with Crippen LogP contribution in [0.4, 0.5) is 5.69 Å². The number of hydrogen-bond acceptors (Lipinski definition) is 3. The third-order valence-electron chi connectivity index (χ3n) is 4.68. The van der Waals surface area contributed by atoms with Crippen molar-refractivity contribution in [3.05, 3.63) is 101 Å². The van der Waals surface area contributed by atoms with Crippen LogP contribution in [0.1, 0.15) is 34.5 Å². The third-order valence-corrected chi connectivity index (χ3v) is 4.93. The fraction of sp³-hybridized carbons (Fsp3) is 0.167. The number of anilines is 1. The van der Waals surface area contributed by atoms with Gasteiger partial charge in [-0.2, -0.15) is 0 Å². The quantitative estimate of drug-likeness (QED) is 0.499. The van der Waals surface area contributed by atoms with Crippen LogP contribution in [0.2, 0.25) is 5.02 Å². The largest absolute Gasteiger partial charge is 0.348 e. The maximum Gasteiger partial charge on any atom is 0.253 e. The standard InChI is InChI=1S/C24H24ClN3O2/c1-17(19-11-13-20(25)14-12-19)26-16-23(29)28-22-10-6-5-9-21(22)24(30)27-15-18-7-3-2-4-8-18/h2-14,17,26H,15-16H2,1H3,(H,27,30)(H,28,29)/t17-/m0/s1. The van der Waals surface area contributed by atoms with E-state index < -0.39 is 0 Å². The molecule has 0 saturated heterocycles. The molecule has 0 heterocycles. The van der Waals surface area contributed by atoms with Gasteiger partial charge < -0.3 is 16.0 Å². The summed E-state index contributed by atoms with van der Waals surface area (Å²) >= 11 is 5.91. The van der Waals surface area contributed by atoms with Gasteiger partial charge in [0.25, 0.3) is 5.91 Å². The van der Waals surface area contributed by atoms with E-state index in [9.17, 15) is 9.59 Å². The Morgan fingerprint density at radius 3 is 2.30 bits per heavy atom. The highest BCUT2D eigenvalue weighted by molar-refractivity contribution is 6.30. The fourth-order valence-corrected chi connectivity index (χ4v) is 3.10. The van der Waals surface area contributed by atoms with E-state index in [1.807, 2.05) is 61.5 Å². The van der Waals surface area contributed by atoms with Crippen molar-refractivity contribution in [2.45, 2.75) is 19.5 Å². The van der Waals surface area contributed by atoms with Gasteiger partial charge in [0.05, 0.1) is 17.8 Å². The molecule has 6 heteroatoms. The van der Waals surface area contributed by atoms with Gasteiger partial charge in [0, 0.05) is 17.6 Å². The Kier molecular flexibility index (Phi) is 7.60. The number of benzene rings is 3. The molecule has 5 nitrogen and oxygen atoms in total. The van der Waals surface area contributed by atoms with Gasteiger partial charge in [0.2, 0.25) is 5.91 Å². The highest BCUT2D eigenvalue weighted by Crippen LogP contribution is 2.17. The van der Waals surface area contributed by atoms with Gasteiger partial charge in [-0.1, -0.05) is 66.2 Å². The average Bonchev–Trinajstić information content (AvgIpc) is 2.77. The van der Waals surface area contributed by atoms with Crippen molar-refractivity contribution < 1.29 is 9.59 Å². The first-order valence-corrected chi connectivity index (χ1v) is 10.1. The summed E-state index contributed by atoms with van der Waals surface area (Å²) < 4.78 is 0. The normalized spacial score (nSPS) is 11.5. The Balaban J connectivity index is 1.56. The van der Waals surface area contributed by atoms with Gasteiger partial charge in [-0.3, -0.25) is 9.59 Å². The van der Waals surface area contributed by atoms with Crippen molar-refractivity contribution in [3.63, 3.8) is 0 Å². The second-order valence-corrected chi connectivity index (χ2v) is 7.35. The molecule has 0 aliphatic rings. The molecule has 0 aliphatic carbocycles. The molecule has 1 atom stereocenters. The molecule has 3 aromatic carbocycles. The molecule has 0 fully saturated rings. The van der Waals surface area contributed by atoms with Crippen LogP contribution >= 0.6 is 11.6 Å². The molecule has 154 valence electrons. The predicted molar refractivity (Wildman–Crippen MR) is 121 cm³/mol. The Morgan fingerprint density at radius 2 is 1.57 bits per heavy atom. The number of para-hydroxylation sites is 1. The van der Waals surface area contributed by atoms with E-state index in [1.165, 1.54) is 0 Å². The summed E-state index contributed by atoms with van der Waals surface area (Å²) in [6.45, 7) is 2.51. The van der Waals surface area contributed by atoms with E-state index >= 15 is 0 Å². The van der Waals surface area contributed by atoms with E-state index in [1.54, 1.807) is 24.3 Å². The van der Waals surface area contributed by atoms with Crippen LogP contribution in [0.3, 0.4) is 0 Å². The number of amides is 2. The summed E-state index contributed by atoms with van der Waals surface area (Å²) in [7, 11) is 0. The number of carbonyl (C=O) groups excluding carboxylic acids is 2. The number of carbonyl (C=O) groups is 2. The zero-order valence-electron chi connectivity index (χ0n) is 16.7. The zero-order valence-corrected chi connectivity index (χ0v) is 17.4. The lowest BCUT2D eigenvalue weighted by atomic mass is 10.1. The Bertz CT molecular complexity index is 991. The van der Waals surface area contributed by atoms with Crippen LogP contribution in [0, 0.1) is 0 Å². The first-order chi connectivity index (χ1) is 14.5. The minimum absolute atomic E-state index is 0.0163. The summed E-state index contributed by atoms with van der Waals surface area (Å²) in [4.78, 5) is 25.0. The lowest BCUT2D eigenvalue weighted by molar-refractivity contribution is -0.115. The molecule has 0 saturated carbocycles. The number of hydrogen-bond donors (Lipinski definition) is 3. The van der Waals surface area contributed by atoms with Crippen LogP contribution in [-0.2, 0) is 11.3 Å². The van der Waals surface area contributed by atoms with Crippen LogP contribution in [0.5, 0.6) is 0 Å². The van der Waals surface area contributed by atoms with Crippen LogP contribution in [0.15, 0.2) is 78.9 Å². The number of nitrogens with one attached hydrogen (secondary N) is 3. The summed E-state index contributed by atoms with van der Waals surface area (Å²) in [5.41, 5.74) is 2.95. The highest BCUT2D eigenvalue weighted by atomic mass is 35.5. The molecule has 0 aromatic heterocycles. The van der Waals surface area contributed by atoms with Crippen molar-refractivity contribution in [2.24, 2.45) is 0 Å². The minimum Gasteiger partial charge on any atom is -0.348 e. The van der Waals surface area contributed by atoms with Crippen LogP contribution in [-0.4, -0.2) is 18.4 Å². The zero-order chi connectivity index (χ0) is 21.3. The molecular formula is C24H24ClN3O2. The van der Waals surface area contributed by atoms with Gasteiger partial charge >= 0.3 is 0 Å². The Morgan fingerprint density at radius 1 is 0.900 bits per heavy atom. The maximum absolute atomic E-state index is 12.6. The molecule has 0 unspecified atom stereocenters. The summed E-state index contributed by atoms with van der Waals surface area (Å²) in [5, 5.41) is 9.56. The minimum atomic E-state index is -0.239. The van der Waals surface area contributed by atoms with E-state index in [0.29, 0.717) is 22.8 Å². The smallest absolute Gasteiger partial charge is 0.253 e. The maximum atomic E-state index is 12.6.